The Bertz CT molecular complexity index is 274. The molecule has 72 valence electrons. The zero-order chi connectivity index (χ0) is 9.84. The molecule has 1 heterocycles. The summed E-state index contributed by atoms with van der Waals surface area (Å²) in [4.78, 5) is 10.1. The van der Waals surface area contributed by atoms with Crippen molar-refractivity contribution in [2.75, 3.05) is 17.7 Å². The van der Waals surface area contributed by atoms with Gasteiger partial charge in [0, 0.05) is 13.1 Å². The van der Waals surface area contributed by atoms with Crippen molar-refractivity contribution < 1.29 is 0 Å². The van der Waals surface area contributed by atoms with Gasteiger partial charge in [0.15, 0.2) is 5.82 Å². The molecule has 13 heavy (non-hydrogen) atoms. The van der Waals surface area contributed by atoms with Crippen molar-refractivity contribution in [3.63, 3.8) is 0 Å². The summed E-state index contributed by atoms with van der Waals surface area (Å²) in [5.41, 5.74) is 6.38. The van der Waals surface area contributed by atoms with Crippen LogP contribution in [-0.2, 0) is 0 Å². The Balaban J connectivity index is 2.88. The van der Waals surface area contributed by atoms with E-state index in [2.05, 4.69) is 28.7 Å². The van der Waals surface area contributed by atoms with Gasteiger partial charge >= 0.3 is 0 Å². The fourth-order valence-corrected chi connectivity index (χ4v) is 1.11. The molecule has 1 aromatic rings. The van der Waals surface area contributed by atoms with Crippen molar-refractivity contribution in [3.8, 4) is 0 Å². The zero-order valence-corrected chi connectivity index (χ0v) is 8.36. The third kappa shape index (κ3) is 2.08. The number of rotatable bonds is 3. The molecule has 0 aliphatic carbocycles. The largest absolute Gasteiger partial charge is 0.394 e. The lowest BCUT2D eigenvalue weighted by molar-refractivity contribution is 0.657. The van der Waals surface area contributed by atoms with Crippen molar-refractivity contribution in [2.45, 2.75) is 26.3 Å². The predicted octanol–water partition coefficient (Wildman–Crippen LogP) is 1.29. The topological polar surface area (TPSA) is 55.0 Å². The van der Waals surface area contributed by atoms with E-state index in [9.17, 15) is 0 Å². The summed E-state index contributed by atoms with van der Waals surface area (Å²) in [6.45, 7) is 4.28. The van der Waals surface area contributed by atoms with Crippen LogP contribution >= 0.6 is 0 Å². The molecule has 4 heteroatoms. The minimum Gasteiger partial charge on any atom is -0.394 e. The van der Waals surface area contributed by atoms with Crippen LogP contribution in [-0.4, -0.2) is 23.1 Å². The Hall–Kier alpha value is -1.32. The summed E-state index contributed by atoms with van der Waals surface area (Å²) in [7, 11) is 1.99. The fourth-order valence-electron chi connectivity index (χ4n) is 1.11. The predicted molar refractivity (Wildman–Crippen MR) is 54.6 cm³/mol. The Kier molecular flexibility index (Phi) is 3.06. The molecule has 4 nitrogen and oxygen atoms in total. The van der Waals surface area contributed by atoms with E-state index in [0.29, 0.717) is 11.7 Å². The van der Waals surface area contributed by atoms with Crippen molar-refractivity contribution >= 4 is 11.5 Å². The zero-order valence-electron chi connectivity index (χ0n) is 8.36. The molecule has 0 aromatic carbocycles. The smallest absolute Gasteiger partial charge is 0.155 e. The van der Waals surface area contributed by atoms with Crippen molar-refractivity contribution in [1.82, 2.24) is 9.97 Å². The highest BCUT2D eigenvalue weighted by Gasteiger charge is 2.11. The third-order valence-corrected chi connectivity index (χ3v) is 2.30. The monoisotopic (exact) mass is 180 g/mol. The van der Waals surface area contributed by atoms with E-state index in [-0.39, 0.29) is 0 Å². The van der Waals surface area contributed by atoms with Crippen LogP contribution in [0.3, 0.4) is 0 Å². The van der Waals surface area contributed by atoms with Crippen LogP contribution in [0, 0.1) is 0 Å². The van der Waals surface area contributed by atoms with Crippen LogP contribution in [0.25, 0.3) is 0 Å². The Labute approximate surface area is 78.8 Å². The summed E-state index contributed by atoms with van der Waals surface area (Å²) < 4.78 is 0. The van der Waals surface area contributed by atoms with Crippen LogP contribution in [0.4, 0.5) is 11.5 Å². The number of aromatic nitrogens is 2. The first-order chi connectivity index (χ1) is 6.16. The number of hydrogen-bond acceptors (Lipinski definition) is 4. The molecule has 0 spiro atoms. The van der Waals surface area contributed by atoms with Crippen molar-refractivity contribution in [1.29, 1.82) is 0 Å². The molecule has 0 aliphatic rings. The van der Waals surface area contributed by atoms with Crippen molar-refractivity contribution in [3.05, 3.63) is 12.5 Å². The highest BCUT2D eigenvalue weighted by Crippen LogP contribution is 2.19. The maximum Gasteiger partial charge on any atom is 0.155 e. The summed E-state index contributed by atoms with van der Waals surface area (Å²) in [5.74, 6) is 0.810. The van der Waals surface area contributed by atoms with Gasteiger partial charge in [-0.1, -0.05) is 6.92 Å². The molecule has 0 bridgehead atoms. The van der Waals surface area contributed by atoms with Gasteiger partial charge < -0.3 is 10.6 Å². The van der Waals surface area contributed by atoms with Gasteiger partial charge in [0.1, 0.15) is 6.33 Å². The first-order valence-corrected chi connectivity index (χ1v) is 4.45. The van der Waals surface area contributed by atoms with Gasteiger partial charge in [-0.2, -0.15) is 0 Å². The van der Waals surface area contributed by atoms with E-state index in [1.54, 1.807) is 6.20 Å². The van der Waals surface area contributed by atoms with Crippen LogP contribution < -0.4 is 10.6 Å². The molecule has 0 fully saturated rings. The van der Waals surface area contributed by atoms with Gasteiger partial charge in [-0.25, -0.2) is 9.97 Å². The standard InChI is InChI=1S/C9H16N4/c1-4-7(2)13(3)9-8(10)5-11-6-12-9/h5-7H,4,10H2,1-3H3. The average molecular weight is 180 g/mol. The Morgan fingerprint density at radius 3 is 2.85 bits per heavy atom. The molecular formula is C9H16N4. The summed E-state index contributed by atoms with van der Waals surface area (Å²) in [6, 6.07) is 0.442. The molecule has 1 atom stereocenters. The normalized spacial score (nSPS) is 12.5. The number of hydrogen-bond donors (Lipinski definition) is 1. The van der Waals surface area contributed by atoms with Gasteiger partial charge in [-0.15, -0.1) is 0 Å². The van der Waals surface area contributed by atoms with E-state index >= 15 is 0 Å². The van der Waals surface area contributed by atoms with Gasteiger partial charge in [0.2, 0.25) is 0 Å². The number of nitrogens with zero attached hydrogens (tertiary/aromatic N) is 3. The number of nitrogens with two attached hydrogens (primary N) is 1. The van der Waals surface area contributed by atoms with Gasteiger partial charge in [0.25, 0.3) is 0 Å². The molecule has 0 radical (unpaired) electrons. The third-order valence-electron chi connectivity index (χ3n) is 2.30. The first kappa shape index (κ1) is 9.77. The maximum atomic E-state index is 5.75. The molecule has 0 amide bonds. The molecule has 1 unspecified atom stereocenters. The van der Waals surface area contributed by atoms with Gasteiger partial charge in [-0.05, 0) is 13.3 Å². The van der Waals surface area contributed by atoms with Crippen LogP contribution in [0.2, 0.25) is 0 Å². The Morgan fingerprint density at radius 2 is 2.31 bits per heavy atom. The summed E-state index contributed by atoms with van der Waals surface area (Å²) >= 11 is 0. The SMILES string of the molecule is CCC(C)N(C)c1ncncc1N. The molecule has 0 saturated carbocycles. The van der Waals surface area contributed by atoms with Crippen molar-refractivity contribution in [2.24, 2.45) is 0 Å². The average Bonchev–Trinajstić information content (AvgIpc) is 2.16. The van der Waals surface area contributed by atoms with E-state index in [4.69, 9.17) is 5.73 Å². The van der Waals surface area contributed by atoms with E-state index < -0.39 is 0 Å². The number of anilines is 2. The quantitative estimate of drug-likeness (QED) is 0.761. The lowest BCUT2D eigenvalue weighted by Crippen LogP contribution is -2.29. The molecule has 1 aromatic heterocycles. The number of nitrogen functional groups attached to an aromatic ring is 1. The van der Waals surface area contributed by atoms with Gasteiger partial charge in [-0.3, -0.25) is 0 Å². The highest BCUT2D eigenvalue weighted by atomic mass is 15.2. The first-order valence-electron chi connectivity index (χ1n) is 4.45. The molecule has 0 saturated heterocycles. The fraction of sp³-hybridized carbons (Fsp3) is 0.556. The molecule has 0 aliphatic heterocycles. The maximum absolute atomic E-state index is 5.75. The molecular weight excluding hydrogens is 164 g/mol. The molecule has 2 N–H and O–H groups in total. The lowest BCUT2D eigenvalue weighted by Gasteiger charge is -2.25. The van der Waals surface area contributed by atoms with Crippen LogP contribution in [0.5, 0.6) is 0 Å². The lowest BCUT2D eigenvalue weighted by atomic mass is 10.2. The van der Waals surface area contributed by atoms with Gasteiger partial charge in [0.05, 0.1) is 11.9 Å². The second-order valence-corrected chi connectivity index (χ2v) is 3.17. The van der Waals surface area contributed by atoms with E-state index in [1.165, 1.54) is 6.33 Å². The van der Waals surface area contributed by atoms with E-state index in [1.807, 2.05) is 7.05 Å². The summed E-state index contributed by atoms with van der Waals surface area (Å²) in [5, 5.41) is 0. The minimum absolute atomic E-state index is 0.442. The summed E-state index contributed by atoms with van der Waals surface area (Å²) in [6.07, 6.45) is 4.21. The van der Waals surface area contributed by atoms with Crippen LogP contribution in [0.15, 0.2) is 12.5 Å². The minimum atomic E-state index is 0.442. The second kappa shape index (κ2) is 4.07. The Morgan fingerprint density at radius 1 is 1.62 bits per heavy atom. The van der Waals surface area contributed by atoms with E-state index in [0.717, 1.165) is 12.2 Å². The van der Waals surface area contributed by atoms with Crippen LogP contribution in [0.1, 0.15) is 20.3 Å². The highest BCUT2D eigenvalue weighted by molar-refractivity contribution is 5.60. The second-order valence-electron chi connectivity index (χ2n) is 3.17. The molecule has 1 rings (SSSR count).